The summed E-state index contributed by atoms with van der Waals surface area (Å²) in [5.74, 6) is -1.06. The Morgan fingerprint density at radius 2 is 1.84 bits per heavy atom. The number of nitrogens with one attached hydrogen (secondary N) is 1. The van der Waals surface area contributed by atoms with Gasteiger partial charge in [-0.3, -0.25) is 9.59 Å². The molecule has 1 heterocycles. The molecule has 0 unspecified atom stereocenters. The number of Topliss-reactive ketones (excluding diaryl/α,β-unsaturated/α-hetero) is 1. The zero-order chi connectivity index (χ0) is 17.8. The van der Waals surface area contributed by atoms with Crippen molar-refractivity contribution in [2.45, 2.75) is 6.92 Å². The van der Waals surface area contributed by atoms with Crippen LogP contribution in [-0.2, 0) is 4.74 Å². The van der Waals surface area contributed by atoms with Crippen molar-refractivity contribution in [2.75, 3.05) is 36.5 Å². The Kier molecular flexibility index (Phi) is 5.09. The van der Waals surface area contributed by atoms with Crippen LogP contribution < -0.4 is 10.2 Å². The molecular weight excluding hydrogens is 323 g/mol. The second-order valence-electron chi connectivity index (χ2n) is 5.82. The summed E-state index contributed by atoms with van der Waals surface area (Å²) >= 11 is 0. The number of ketones is 1. The SMILES string of the molecule is CC(=O)c1ccccc1NC(=O)c1ccc(N2CCOCC2)c(F)c1. The van der Waals surface area contributed by atoms with Crippen molar-refractivity contribution in [2.24, 2.45) is 0 Å². The normalized spacial score (nSPS) is 14.2. The summed E-state index contributed by atoms with van der Waals surface area (Å²) in [7, 11) is 0. The van der Waals surface area contributed by atoms with Crippen molar-refractivity contribution >= 4 is 23.1 Å². The average molecular weight is 342 g/mol. The number of para-hydroxylation sites is 1. The highest BCUT2D eigenvalue weighted by Gasteiger charge is 2.17. The molecule has 1 fully saturated rings. The second kappa shape index (κ2) is 7.44. The fraction of sp³-hybridized carbons (Fsp3) is 0.263. The first kappa shape index (κ1) is 17.1. The molecule has 2 aromatic rings. The minimum absolute atomic E-state index is 0.148. The number of hydrogen-bond donors (Lipinski definition) is 1. The smallest absolute Gasteiger partial charge is 0.255 e. The van der Waals surface area contributed by atoms with Gasteiger partial charge in [-0.25, -0.2) is 4.39 Å². The minimum atomic E-state index is -0.457. The van der Waals surface area contributed by atoms with Gasteiger partial charge < -0.3 is 15.0 Å². The molecule has 1 aliphatic heterocycles. The first-order valence-electron chi connectivity index (χ1n) is 8.10. The van der Waals surface area contributed by atoms with Crippen LogP contribution in [0.5, 0.6) is 0 Å². The van der Waals surface area contributed by atoms with Gasteiger partial charge in [0.2, 0.25) is 0 Å². The molecule has 1 amide bonds. The van der Waals surface area contributed by atoms with Crippen molar-refractivity contribution in [1.29, 1.82) is 0 Å². The quantitative estimate of drug-likeness (QED) is 0.868. The molecule has 25 heavy (non-hydrogen) atoms. The Morgan fingerprint density at radius 1 is 1.12 bits per heavy atom. The standard InChI is InChI=1S/C19H19FN2O3/c1-13(23)15-4-2-3-5-17(15)21-19(24)14-6-7-18(16(20)12-14)22-8-10-25-11-9-22/h2-7,12H,8-11H2,1H3,(H,21,24). The third kappa shape index (κ3) is 3.85. The van der Waals surface area contributed by atoms with E-state index in [1.807, 2.05) is 4.90 Å². The number of hydrogen-bond acceptors (Lipinski definition) is 4. The number of carbonyl (C=O) groups is 2. The Hall–Kier alpha value is -2.73. The molecule has 6 heteroatoms. The third-order valence-electron chi connectivity index (χ3n) is 4.12. The summed E-state index contributed by atoms with van der Waals surface area (Å²) in [6.07, 6.45) is 0. The lowest BCUT2D eigenvalue weighted by molar-refractivity contribution is 0.101. The molecule has 1 saturated heterocycles. The minimum Gasteiger partial charge on any atom is -0.378 e. The highest BCUT2D eigenvalue weighted by Crippen LogP contribution is 2.23. The lowest BCUT2D eigenvalue weighted by atomic mass is 10.1. The third-order valence-corrected chi connectivity index (χ3v) is 4.12. The molecular formula is C19H19FN2O3. The highest BCUT2D eigenvalue weighted by molar-refractivity contribution is 6.09. The van der Waals surface area contributed by atoms with Crippen LogP contribution in [0.15, 0.2) is 42.5 Å². The van der Waals surface area contributed by atoms with Crippen molar-refractivity contribution in [1.82, 2.24) is 0 Å². The topological polar surface area (TPSA) is 58.6 Å². The number of amides is 1. The Labute approximate surface area is 145 Å². The van der Waals surface area contributed by atoms with E-state index in [-0.39, 0.29) is 11.3 Å². The van der Waals surface area contributed by atoms with Crippen molar-refractivity contribution in [3.05, 3.63) is 59.4 Å². The maximum absolute atomic E-state index is 14.4. The van der Waals surface area contributed by atoms with E-state index in [1.165, 1.54) is 13.0 Å². The molecule has 0 radical (unpaired) electrons. The summed E-state index contributed by atoms with van der Waals surface area (Å²) in [6.45, 7) is 3.79. The largest absolute Gasteiger partial charge is 0.378 e. The molecule has 2 aromatic carbocycles. The molecule has 0 spiro atoms. The molecule has 1 N–H and O–H groups in total. The van der Waals surface area contributed by atoms with Gasteiger partial charge in [0.1, 0.15) is 5.82 Å². The van der Waals surface area contributed by atoms with Crippen molar-refractivity contribution in [3.63, 3.8) is 0 Å². The van der Waals surface area contributed by atoms with Gasteiger partial charge in [-0.15, -0.1) is 0 Å². The number of ether oxygens (including phenoxy) is 1. The first-order chi connectivity index (χ1) is 12.1. The van der Waals surface area contributed by atoms with E-state index in [9.17, 15) is 14.0 Å². The molecule has 0 bridgehead atoms. The van der Waals surface area contributed by atoms with Gasteiger partial charge in [-0.05, 0) is 37.3 Å². The molecule has 130 valence electrons. The number of morpholine rings is 1. The van der Waals surface area contributed by atoms with E-state index in [2.05, 4.69) is 5.32 Å². The van der Waals surface area contributed by atoms with E-state index in [0.717, 1.165) is 0 Å². The van der Waals surface area contributed by atoms with Crippen LogP contribution in [0.4, 0.5) is 15.8 Å². The first-order valence-corrected chi connectivity index (χ1v) is 8.10. The van der Waals surface area contributed by atoms with Gasteiger partial charge in [0, 0.05) is 24.2 Å². The monoisotopic (exact) mass is 342 g/mol. The summed E-state index contributed by atoms with van der Waals surface area (Å²) in [5.41, 5.74) is 1.50. The summed E-state index contributed by atoms with van der Waals surface area (Å²) in [4.78, 5) is 25.9. The van der Waals surface area contributed by atoms with Gasteiger partial charge in [0.25, 0.3) is 5.91 Å². The second-order valence-corrected chi connectivity index (χ2v) is 5.82. The van der Waals surface area contributed by atoms with Crippen molar-refractivity contribution < 1.29 is 18.7 Å². The van der Waals surface area contributed by atoms with E-state index in [0.29, 0.717) is 43.2 Å². The predicted octanol–water partition coefficient (Wildman–Crippen LogP) is 3.12. The number of rotatable bonds is 4. The predicted molar refractivity (Wildman–Crippen MR) is 93.8 cm³/mol. The molecule has 0 atom stereocenters. The number of anilines is 2. The van der Waals surface area contributed by atoms with Gasteiger partial charge in [-0.2, -0.15) is 0 Å². The lowest BCUT2D eigenvalue weighted by Crippen LogP contribution is -2.36. The van der Waals surface area contributed by atoms with E-state index in [4.69, 9.17) is 4.74 Å². The van der Waals surface area contributed by atoms with Crippen LogP contribution in [0.2, 0.25) is 0 Å². The van der Waals surface area contributed by atoms with E-state index < -0.39 is 11.7 Å². The Morgan fingerprint density at radius 3 is 2.52 bits per heavy atom. The summed E-state index contributed by atoms with van der Waals surface area (Å²) < 4.78 is 19.7. The zero-order valence-corrected chi connectivity index (χ0v) is 13.9. The summed E-state index contributed by atoms with van der Waals surface area (Å²) in [5, 5.41) is 2.67. The van der Waals surface area contributed by atoms with Crippen LogP contribution >= 0.6 is 0 Å². The number of carbonyl (C=O) groups excluding carboxylic acids is 2. The van der Waals surface area contributed by atoms with Crippen LogP contribution in [0, 0.1) is 5.82 Å². The number of benzene rings is 2. The fourth-order valence-corrected chi connectivity index (χ4v) is 2.80. The molecule has 0 aliphatic carbocycles. The molecule has 3 rings (SSSR count). The maximum atomic E-state index is 14.4. The summed E-state index contributed by atoms with van der Waals surface area (Å²) in [6, 6.07) is 11.1. The van der Waals surface area contributed by atoms with Crippen LogP contribution in [0.1, 0.15) is 27.6 Å². The van der Waals surface area contributed by atoms with Gasteiger partial charge >= 0.3 is 0 Å². The molecule has 1 aliphatic rings. The van der Waals surface area contributed by atoms with E-state index in [1.54, 1.807) is 36.4 Å². The van der Waals surface area contributed by atoms with E-state index >= 15 is 0 Å². The van der Waals surface area contributed by atoms with Gasteiger partial charge in [-0.1, -0.05) is 12.1 Å². The fourth-order valence-electron chi connectivity index (χ4n) is 2.80. The Balaban J connectivity index is 1.79. The van der Waals surface area contributed by atoms with Crippen LogP contribution in [0.25, 0.3) is 0 Å². The highest BCUT2D eigenvalue weighted by atomic mass is 19.1. The maximum Gasteiger partial charge on any atom is 0.255 e. The Bertz CT molecular complexity index is 801. The van der Waals surface area contributed by atoms with Gasteiger partial charge in [0.05, 0.1) is 24.6 Å². The zero-order valence-electron chi connectivity index (χ0n) is 13.9. The number of halogens is 1. The molecule has 0 aromatic heterocycles. The van der Waals surface area contributed by atoms with Crippen molar-refractivity contribution in [3.8, 4) is 0 Å². The molecule has 5 nitrogen and oxygen atoms in total. The van der Waals surface area contributed by atoms with Gasteiger partial charge in [0.15, 0.2) is 5.78 Å². The van der Waals surface area contributed by atoms with Crippen LogP contribution in [0.3, 0.4) is 0 Å². The number of nitrogens with zero attached hydrogens (tertiary/aromatic N) is 1. The lowest BCUT2D eigenvalue weighted by Gasteiger charge is -2.29. The van der Waals surface area contributed by atoms with Crippen LogP contribution in [-0.4, -0.2) is 38.0 Å². The molecule has 0 saturated carbocycles. The average Bonchev–Trinajstić information content (AvgIpc) is 2.62.